The van der Waals surface area contributed by atoms with E-state index in [1.54, 1.807) is 12.1 Å². The van der Waals surface area contributed by atoms with Crippen LogP contribution in [0.2, 0.25) is 10.0 Å². The fourth-order valence-corrected chi connectivity index (χ4v) is 2.56. The summed E-state index contributed by atoms with van der Waals surface area (Å²) in [5, 5.41) is 3.28. The van der Waals surface area contributed by atoms with E-state index in [0.29, 0.717) is 15.7 Å². The summed E-state index contributed by atoms with van der Waals surface area (Å²) in [5.41, 5.74) is 0.810. The maximum absolute atomic E-state index is 12.3. The van der Waals surface area contributed by atoms with Gasteiger partial charge in [-0.25, -0.2) is 3.89 Å². The molecule has 2 aromatic carbocycles. The highest BCUT2D eigenvalue weighted by Gasteiger charge is 2.27. The van der Waals surface area contributed by atoms with Crippen LogP contribution in [0, 0.1) is 0 Å². The molecule has 9 heteroatoms. The van der Waals surface area contributed by atoms with Gasteiger partial charge in [-0.15, -0.1) is 0 Å². The molecule has 0 unspecified atom stereocenters. The molecule has 1 amide bonds. The lowest BCUT2D eigenvalue weighted by atomic mass is 10.1. The van der Waals surface area contributed by atoms with E-state index in [1.165, 1.54) is 44.4 Å². The molecule has 0 saturated carbocycles. The van der Waals surface area contributed by atoms with Crippen molar-refractivity contribution < 1.29 is 17.8 Å². The quantitative estimate of drug-likeness (QED) is 0.642. The van der Waals surface area contributed by atoms with Gasteiger partial charge in [0.05, 0.1) is 24.1 Å². The van der Waals surface area contributed by atoms with Crippen molar-refractivity contribution in [2.75, 3.05) is 19.4 Å². The predicted molar refractivity (Wildman–Crippen MR) is 94.2 cm³/mol. The van der Waals surface area contributed by atoms with E-state index in [4.69, 9.17) is 23.2 Å². The predicted octanol–water partition coefficient (Wildman–Crippen LogP) is 3.27. The third-order valence-electron chi connectivity index (χ3n) is 3.47. The second-order valence-corrected chi connectivity index (χ2v) is 7.99. The largest absolute Gasteiger partial charge is 0.701 e. The van der Waals surface area contributed by atoms with Gasteiger partial charge >= 0.3 is 0 Å². The number of hydrogen-bond donors (Lipinski definition) is 1. The van der Waals surface area contributed by atoms with E-state index in [0.717, 1.165) is 0 Å². The Morgan fingerprint density at radius 2 is 1.75 bits per heavy atom. The number of anilines is 1. The fourth-order valence-electron chi connectivity index (χ4n) is 1.89. The molecule has 0 aliphatic heterocycles. The second-order valence-electron chi connectivity index (χ2n) is 5.41. The third-order valence-corrected chi connectivity index (χ3v) is 5.53. The van der Waals surface area contributed by atoms with Gasteiger partial charge in [0, 0.05) is 23.4 Å². The molecule has 0 aromatic heterocycles. The van der Waals surface area contributed by atoms with Gasteiger partial charge in [0.15, 0.2) is 0 Å². The number of amides is 1. The van der Waals surface area contributed by atoms with Gasteiger partial charge in [0.2, 0.25) is 0 Å². The molecule has 0 fully saturated rings. The van der Waals surface area contributed by atoms with Crippen LogP contribution in [-0.2, 0) is 10.3 Å². The van der Waals surface area contributed by atoms with Crippen LogP contribution in [0.4, 0.5) is 11.4 Å². The molecule has 0 spiro atoms. The number of hydrogen-bond acceptors (Lipinski definition) is 4. The Balaban J connectivity index is 2.31. The molecule has 2 aromatic rings. The molecule has 0 saturated heterocycles. The van der Waals surface area contributed by atoms with Gasteiger partial charge in [0.1, 0.15) is 5.69 Å². The van der Waals surface area contributed by atoms with Crippen molar-refractivity contribution >= 4 is 50.8 Å². The lowest BCUT2D eigenvalue weighted by molar-refractivity contribution is 0.102. The highest BCUT2D eigenvalue weighted by molar-refractivity contribution is 7.85. The van der Waals surface area contributed by atoms with E-state index >= 15 is 0 Å². The maximum Gasteiger partial charge on any atom is 0.258 e. The summed E-state index contributed by atoms with van der Waals surface area (Å²) in [6.45, 7) is 0. The van der Waals surface area contributed by atoms with Gasteiger partial charge in [-0.1, -0.05) is 29.3 Å². The first-order valence-corrected chi connectivity index (χ1v) is 8.81. The number of carbonyl (C=O) groups is 1. The van der Waals surface area contributed by atoms with Crippen molar-refractivity contribution in [2.45, 2.75) is 0 Å². The SMILES string of the molecule is C[N+](C)(c1cccc(C(=O)Nc2ccc(Cl)c(Cl)c2)c1)S(=O)(=O)[O-]. The van der Waals surface area contributed by atoms with Crippen LogP contribution >= 0.6 is 23.2 Å². The minimum atomic E-state index is -4.64. The number of nitrogens with zero attached hydrogens (tertiary/aromatic N) is 1. The van der Waals surface area contributed by atoms with Crippen LogP contribution in [-0.4, -0.2) is 33.0 Å². The summed E-state index contributed by atoms with van der Waals surface area (Å²) >= 11 is 11.7. The Hall–Kier alpha value is -1.64. The number of benzene rings is 2. The minimum absolute atomic E-state index is 0.173. The van der Waals surface area contributed by atoms with Gasteiger partial charge < -0.3 is 9.87 Å². The molecular weight excluding hydrogens is 375 g/mol. The van der Waals surface area contributed by atoms with Crippen molar-refractivity contribution in [1.82, 2.24) is 3.89 Å². The second kappa shape index (κ2) is 6.70. The van der Waals surface area contributed by atoms with Crippen molar-refractivity contribution in [2.24, 2.45) is 0 Å². The van der Waals surface area contributed by atoms with E-state index in [2.05, 4.69) is 5.32 Å². The topological polar surface area (TPSA) is 86.3 Å². The number of nitrogens with one attached hydrogen (secondary N) is 1. The molecule has 0 radical (unpaired) electrons. The molecule has 0 heterocycles. The van der Waals surface area contributed by atoms with Gasteiger partial charge in [-0.2, -0.15) is 8.42 Å². The summed E-state index contributed by atoms with van der Waals surface area (Å²) in [6, 6.07) is 10.4. The Labute approximate surface area is 150 Å². The van der Waals surface area contributed by atoms with Crippen molar-refractivity contribution in [3.8, 4) is 0 Å². The zero-order chi connectivity index (χ0) is 18.1. The van der Waals surface area contributed by atoms with Crippen LogP contribution in [0.3, 0.4) is 0 Å². The first-order chi connectivity index (χ1) is 11.0. The summed E-state index contributed by atoms with van der Waals surface area (Å²) in [5.74, 6) is -0.474. The molecule has 0 aliphatic rings. The van der Waals surface area contributed by atoms with Crippen molar-refractivity contribution in [1.29, 1.82) is 0 Å². The van der Waals surface area contributed by atoms with Gasteiger partial charge in [-0.3, -0.25) is 4.79 Å². The molecule has 0 bridgehead atoms. The Morgan fingerprint density at radius 1 is 1.08 bits per heavy atom. The molecular formula is C15H14Cl2N2O4S. The van der Waals surface area contributed by atoms with Crippen LogP contribution < -0.4 is 9.21 Å². The number of halogens is 2. The molecule has 1 N–H and O–H groups in total. The molecule has 2 rings (SSSR count). The standard InChI is InChI=1S/C15H14Cl2N2O4S/c1-19(2,24(21,22)23)12-5-3-4-10(8-12)15(20)18-11-6-7-13(16)14(17)9-11/h3-9H,1-2H3,(H-,18,20,21,22,23). The van der Waals surface area contributed by atoms with Crippen molar-refractivity contribution in [3.05, 3.63) is 58.1 Å². The monoisotopic (exact) mass is 388 g/mol. The third kappa shape index (κ3) is 3.88. The summed E-state index contributed by atoms with van der Waals surface area (Å²) in [4.78, 5) is 12.3. The molecule has 128 valence electrons. The highest BCUT2D eigenvalue weighted by Crippen LogP contribution is 2.26. The van der Waals surface area contributed by atoms with Crippen LogP contribution in [0.15, 0.2) is 42.5 Å². The number of carbonyl (C=O) groups excluding carboxylic acids is 1. The first-order valence-electron chi connectivity index (χ1n) is 6.69. The summed E-state index contributed by atoms with van der Waals surface area (Å²) in [7, 11) is -2.17. The Kier molecular flexibility index (Phi) is 5.22. The van der Waals surface area contributed by atoms with E-state index in [9.17, 15) is 17.8 Å². The average molecular weight is 389 g/mol. The van der Waals surface area contributed by atoms with E-state index < -0.39 is 20.1 Å². The summed E-state index contributed by atoms with van der Waals surface area (Å²) in [6.07, 6.45) is 0. The zero-order valence-corrected chi connectivity index (χ0v) is 15.1. The molecule has 0 atom stereocenters. The normalized spacial score (nSPS) is 12.0. The lowest BCUT2D eigenvalue weighted by Gasteiger charge is -2.30. The maximum atomic E-state index is 12.3. The van der Waals surface area contributed by atoms with Crippen LogP contribution in [0.5, 0.6) is 0 Å². The van der Waals surface area contributed by atoms with Crippen LogP contribution in [0.1, 0.15) is 10.4 Å². The Bertz CT molecular complexity index is 898. The Morgan fingerprint density at radius 3 is 2.33 bits per heavy atom. The van der Waals surface area contributed by atoms with Crippen LogP contribution in [0.25, 0.3) is 0 Å². The van der Waals surface area contributed by atoms with Gasteiger partial charge in [-0.05, 0) is 24.3 Å². The lowest BCUT2D eigenvalue weighted by Crippen LogP contribution is -2.46. The minimum Gasteiger partial charge on any atom is -0.701 e. The highest BCUT2D eigenvalue weighted by atomic mass is 35.5. The van der Waals surface area contributed by atoms with Crippen molar-refractivity contribution in [3.63, 3.8) is 0 Å². The fraction of sp³-hybridized carbons (Fsp3) is 0.133. The molecule has 0 aliphatic carbocycles. The summed E-state index contributed by atoms with van der Waals surface area (Å²) < 4.78 is 33.2. The zero-order valence-electron chi connectivity index (χ0n) is 12.8. The molecule has 6 nitrogen and oxygen atoms in total. The van der Waals surface area contributed by atoms with E-state index in [-0.39, 0.29) is 11.3 Å². The van der Waals surface area contributed by atoms with E-state index in [1.807, 2.05) is 0 Å². The van der Waals surface area contributed by atoms with Gasteiger partial charge in [0.25, 0.3) is 16.2 Å². The number of rotatable bonds is 4. The molecule has 24 heavy (non-hydrogen) atoms. The first kappa shape index (κ1) is 18.7. The average Bonchev–Trinajstić information content (AvgIpc) is 2.50. The smallest absolute Gasteiger partial charge is 0.258 e. The number of quaternary nitrogens is 1.